The summed E-state index contributed by atoms with van der Waals surface area (Å²) in [6.07, 6.45) is 5.90. The molecule has 0 saturated heterocycles. The standard InChI is InChI=1S/C13H15N5S/c1-9(2)13-11(6-17(3)16-13)10-4-15-18(5-10)12-7-19-8-14-12/h4-9H,1-3H3. The first-order chi connectivity index (χ1) is 9.15. The van der Waals surface area contributed by atoms with Crippen LogP contribution in [0.1, 0.15) is 25.5 Å². The topological polar surface area (TPSA) is 48.5 Å². The fraction of sp³-hybridized carbons (Fsp3) is 0.308. The molecule has 0 spiro atoms. The van der Waals surface area contributed by atoms with Gasteiger partial charge < -0.3 is 0 Å². The largest absolute Gasteiger partial charge is 0.275 e. The first kappa shape index (κ1) is 12.1. The fourth-order valence-corrected chi connectivity index (χ4v) is 2.58. The van der Waals surface area contributed by atoms with Crippen molar-refractivity contribution in [2.45, 2.75) is 19.8 Å². The van der Waals surface area contributed by atoms with Gasteiger partial charge in [0.25, 0.3) is 0 Å². The monoisotopic (exact) mass is 273 g/mol. The third kappa shape index (κ3) is 2.19. The predicted octanol–water partition coefficient (Wildman–Crippen LogP) is 2.85. The van der Waals surface area contributed by atoms with Crippen LogP contribution in [-0.4, -0.2) is 24.5 Å². The van der Waals surface area contributed by atoms with E-state index in [0.29, 0.717) is 5.92 Å². The zero-order chi connectivity index (χ0) is 13.4. The molecule has 19 heavy (non-hydrogen) atoms. The van der Waals surface area contributed by atoms with Crippen LogP contribution in [0.25, 0.3) is 16.9 Å². The van der Waals surface area contributed by atoms with Gasteiger partial charge in [0, 0.05) is 35.9 Å². The molecule has 0 aliphatic rings. The van der Waals surface area contributed by atoms with Gasteiger partial charge in [-0.25, -0.2) is 9.67 Å². The van der Waals surface area contributed by atoms with Crippen molar-refractivity contribution in [3.8, 4) is 16.9 Å². The Morgan fingerprint density at radius 2 is 2.11 bits per heavy atom. The van der Waals surface area contributed by atoms with E-state index in [1.807, 2.05) is 35.7 Å². The molecule has 98 valence electrons. The summed E-state index contributed by atoms with van der Waals surface area (Å²) >= 11 is 1.56. The number of hydrogen-bond acceptors (Lipinski definition) is 4. The highest BCUT2D eigenvalue weighted by molar-refractivity contribution is 7.07. The van der Waals surface area contributed by atoms with Gasteiger partial charge >= 0.3 is 0 Å². The second-order valence-corrected chi connectivity index (χ2v) is 5.50. The molecular weight excluding hydrogens is 258 g/mol. The van der Waals surface area contributed by atoms with Crippen LogP contribution in [-0.2, 0) is 7.05 Å². The predicted molar refractivity (Wildman–Crippen MR) is 75.5 cm³/mol. The minimum atomic E-state index is 0.388. The minimum absolute atomic E-state index is 0.388. The Hall–Kier alpha value is -1.95. The summed E-state index contributed by atoms with van der Waals surface area (Å²) in [5.41, 5.74) is 5.12. The van der Waals surface area contributed by atoms with Crippen LogP contribution in [0.2, 0.25) is 0 Å². The zero-order valence-corrected chi connectivity index (χ0v) is 11.9. The summed E-state index contributed by atoms with van der Waals surface area (Å²) in [4.78, 5) is 4.25. The van der Waals surface area contributed by atoms with Gasteiger partial charge in [-0.3, -0.25) is 4.68 Å². The Morgan fingerprint density at radius 1 is 1.26 bits per heavy atom. The summed E-state index contributed by atoms with van der Waals surface area (Å²) in [6, 6.07) is 0. The van der Waals surface area contributed by atoms with E-state index in [4.69, 9.17) is 0 Å². The van der Waals surface area contributed by atoms with Crippen LogP contribution in [0.15, 0.2) is 29.5 Å². The van der Waals surface area contributed by atoms with E-state index in [-0.39, 0.29) is 0 Å². The van der Waals surface area contributed by atoms with Crippen LogP contribution < -0.4 is 0 Å². The van der Waals surface area contributed by atoms with E-state index in [1.165, 1.54) is 0 Å². The lowest BCUT2D eigenvalue weighted by atomic mass is 10.0. The van der Waals surface area contributed by atoms with Crippen molar-refractivity contribution in [1.29, 1.82) is 0 Å². The second kappa shape index (κ2) is 4.62. The highest BCUT2D eigenvalue weighted by Crippen LogP contribution is 2.28. The number of rotatable bonds is 3. The van der Waals surface area contributed by atoms with Crippen LogP contribution in [0.4, 0.5) is 0 Å². The summed E-state index contributed by atoms with van der Waals surface area (Å²) in [7, 11) is 1.94. The molecule has 3 heterocycles. The molecule has 0 aliphatic carbocycles. The summed E-state index contributed by atoms with van der Waals surface area (Å²) in [5.74, 6) is 1.24. The van der Waals surface area contributed by atoms with Gasteiger partial charge in [-0.1, -0.05) is 13.8 Å². The number of nitrogens with zero attached hydrogens (tertiary/aromatic N) is 5. The van der Waals surface area contributed by atoms with E-state index < -0.39 is 0 Å². The molecule has 0 bridgehead atoms. The smallest absolute Gasteiger partial charge is 0.164 e. The molecule has 3 aromatic rings. The maximum atomic E-state index is 4.52. The summed E-state index contributed by atoms with van der Waals surface area (Å²) < 4.78 is 3.65. The molecular formula is C13H15N5S. The Kier molecular flexibility index (Phi) is 2.94. The fourth-order valence-electron chi connectivity index (χ4n) is 2.06. The van der Waals surface area contributed by atoms with Gasteiger partial charge in [-0.2, -0.15) is 10.2 Å². The normalized spacial score (nSPS) is 11.4. The molecule has 3 rings (SSSR count). The summed E-state index contributed by atoms with van der Waals surface area (Å²) in [5, 5.41) is 10.9. The molecule has 0 aromatic carbocycles. The number of thiazole rings is 1. The highest BCUT2D eigenvalue weighted by atomic mass is 32.1. The van der Waals surface area contributed by atoms with E-state index >= 15 is 0 Å². The minimum Gasteiger partial charge on any atom is -0.275 e. The number of hydrogen-bond donors (Lipinski definition) is 0. The maximum Gasteiger partial charge on any atom is 0.164 e. The lowest BCUT2D eigenvalue weighted by Gasteiger charge is -2.02. The summed E-state index contributed by atoms with van der Waals surface area (Å²) in [6.45, 7) is 4.30. The van der Waals surface area contributed by atoms with Gasteiger partial charge in [-0.15, -0.1) is 11.3 Å². The van der Waals surface area contributed by atoms with Gasteiger partial charge in [-0.05, 0) is 5.92 Å². The van der Waals surface area contributed by atoms with Crippen molar-refractivity contribution in [1.82, 2.24) is 24.5 Å². The van der Waals surface area contributed by atoms with Crippen molar-refractivity contribution in [3.63, 3.8) is 0 Å². The highest BCUT2D eigenvalue weighted by Gasteiger charge is 2.15. The first-order valence-corrected chi connectivity index (χ1v) is 7.06. The lowest BCUT2D eigenvalue weighted by molar-refractivity contribution is 0.713. The number of aromatic nitrogens is 5. The average Bonchev–Trinajstić information content (AvgIpc) is 3.07. The molecule has 0 unspecified atom stereocenters. The second-order valence-electron chi connectivity index (χ2n) is 4.78. The molecule has 5 nitrogen and oxygen atoms in total. The Labute approximate surface area is 115 Å². The van der Waals surface area contributed by atoms with E-state index in [0.717, 1.165) is 22.6 Å². The quantitative estimate of drug-likeness (QED) is 0.737. The van der Waals surface area contributed by atoms with E-state index in [2.05, 4.69) is 29.0 Å². The third-order valence-electron chi connectivity index (χ3n) is 2.95. The molecule has 0 atom stereocenters. The van der Waals surface area contributed by atoms with Crippen LogP contribution in [0.3, 0.4) is 0 Å². The molecule has 0 radical (unpaired) electrons. The van der Waals surface area contributed by atoms with Crippen molar-refractivity contribution in [3.05, 3.63) is 35.2 Å². The van der Waals surface area contributed by atoms with Crippen molar-refractivity contribution in [2.75, 3.05) is 0 Å². The van der Waals surface area contributed by atoms with Gasteiger partial charge in [0.2, 0.25) is 0 Å². The SMILES string of the molecule is CC(C)c1nn(C)cc1-c1cnn(-c2cscn2)c1. The van der Waals surface area contributed by atoms with E-state index in [1.54, 1.807) is 21.5 Å². The number of aryl methyl sites for hydroxylation is 1. The Morgan fingerprint density at radius 3 is 2.79 bits per heavy atom. The van der Waals surface area contributed by atoms with Crippen molar-refractivity contribution < 1.29 is 0 Å². The molecule has 0 saturated carbocycles. The molecule has 0 N–H and O–H groups in total. The molecule has 0 fully saturated rings. The lowest BCUT2D eigenvalue weighted by Crippen LogP contribution is -1.94. The molecule has 3 aromatic heterocycles. The van der Waals surface area contributed by atoms with Gasteiger partial charge in [0.15, 0.2) is 5.82 Å². The average molecular weight is 273 g/mol. The van der Waals surface area contributed by atoms with Crippen molar-refractivity contribution >= 4 is 11.3 Å². The Bertz CT molecular complexity index is 678. The van der Waals surface area contributed by atoms with Crippen molar-refractivity contribution in [2.24, 2.45) is 7.05 Å². The molecule has 0 amide bonds. The first-order valence-electron chi connectivity index (χ1n) is 6.12. The van der Waals surface area contributed by atoms with Gasteiger partial charge in [0.1, 0.15) is 0 Å². The Balaban J connectivity index is 2.04. The van der Waals surface area contributed by atoms with Crippen LogP contribution in [0, 0.1) is 0 Å². The third-order valence-corrected chi connectivity index (χ3v) is 3.53. The van der Waals surface area contributed by atoms with Crippen LogP contribution in [0.5, 0.6) is 0 Å². The molecule has 6 heteroatoms. The van der Waals surface area contributed by atoms with E-state index in [9.17, 15) is 0 Å². The van der Waals surface area contributed by atoms with Gasteiger partial charge in [0.05, 0.1) is 17.4 Å². The van der Waals surface area contributed by atoms with Crippen LogP contribution >= 0.6 is 11.3 Å². The maximum absolute atomic E-state index is 4.52. The molecule has 0 aliphatic heterocycles. The zero-order valence-electron chi connectivity index (χ0n) is 11.1.